The number of benzene rings is 2. The van der Waals surface area contributed by atoms with Gasteiger partial charge in [-0.3, -0.25) is 9.36 Å². The number of para-hydroxylation sites is 1. The van der Waals surface area contributed by atoms with Gasteiger partial charge in [-0.25, -0.2) is 4.98 Å². The molecular formula is C23H24BrN3OS. The molecule has 0 N–H and O–H groups in total. The summed E-state index contributed by atoms with van der Waals surface area (Å²) in [5.41, 5.74) is 4.39. The van der Waals surface area contributed by atoms with E-state index in [1.165, 1.54) is 23.7 Å². The van der Waals surface area contributed by atoms with Crippen molar-refractivity contribution < 1.29 is 4.79 Å². The molecule has 0 aliphatic carbocycles. The molecule has 1 aliphatic rings. The van der Waals surface area contributed by atoms with E-state index in [4.69, 9.17) is 4.98 Å². The second kappa shape index (κ2) is 9.18. The molecule has 4 nitrogen and oxygen atoms in total. The molecule has 4 rings (SSSR count). The molecule has 0 saturated carbocycles. The van der Waals surface area contributed by atoms with E-state index in [0.29, 0.717) is 5.75 Å². The topological polar surface area (TPSA) is 38.1 Å². The van der Waals surface area contributed by atoms with Crippen LogP contribution in [0.2, 0.25) is 0 Å². The minimum atomic E-state index is 0.208. The maximum atomic E-state index is 12.7. The summed E-state index contributed by atoms with van der Waals surface area (Å²) >= 11 is 5.03. The lowest BCUT2D eigenvalue weighted by Gasteiger charge is -2.26. The van der Waals surface area contributed by atoms with Gasteiger partial charge in [-0.2, -0.15) is 0 Å². The molecule has 0 unspecified atom stereocenters. The highest BCUT2D eigenvalue weighted by atomic mass is 79.9. The number of carbonyl (C=O) groups excluding carboxylic acids is 1. The number of aromatic nitrogens is 2. The van der Waals surface area contributed by atoms with Crippen molar-refractivity contribution in [1.29, 1.82) is 0 Å². The third-order valence-electron chi connectivity index (χ3n) is 5.26. The normalized spacial score (nSPS) is 14.2. The number of hydrogen-bond donors (Lipinski definition) is 0. The predicted octanol–water partition coefficient (Wildman–Crippen LogP) is 5.71. The van der Waals surface area contributed by atoms with Crippen molar-refractivity contribution in [1.82, 2.24) is 14.5 Å². The van der Waals surface area contributed by atoms with Gasteiger partial charge in [0.1, 0.15) is 0 Å². The minimum absolute atomic E-state index is 0.208. The van der Waals surface area contributed by atoms with Crippen LogP contribution in [0.1, 0.15) is 24.8 Å². The molecule has 1 fully saturated rings. The van der Waals surface area contributed by atoms with E-state index < -0.39 is 0 Å². The van der Waals surface area contributed by atoms with Gasteiger partial charge in [0.15, 0.2) is 5.16 Å². The number of nitrogens with zero attached hydrogens (tertiary/aromatic N) is 3. The Kier molecular flexibility index (Phi) is 6.40. The predicted molar refractivity (Wildman–Crippen MR) is 123 cm³/mol. The summed E-state index contributed by atoms with van der Waals surface area (Å²) < 4.78 is 3.22. The van der Waals surface area contributed by atoms with Crippen LogP contribution in [0, 0.1) is 6.92 Å². The van der Waals surface area contributed by atoms with Crippen molar-refractivity contribution >= 4 is 33.6 Å². The first-order chi connectivity index (χ1) is 14.1. The summed E-state index contributed by atoms with van der Waals surface area (Å²) in [5.74, 6) is 0.627. The second-order valence-electron chi connectivity index (χ2n) is 7.28. The van der Waals surface area contributed by atoms with E-state index in [-0.39, 0.29) is 5.91 Å². The second-order valence-corrected chi connectivity index (χ2v) is 9.14. The maximum absolute atomic E-state index is 12.7. The summed E-state index contributed by atoms with van der Waals surface area (Å²) in [7, 11) is 0. The summed E-state index contributed by atoms with van der Waals surface area (Å²) in [5, 5.41) is 0.850. The van der Waals surface area contributed by atoms with Crippen molar-refractivity contribution in [3.63, 3.8) is 0 Å². The van der Waals surface area contributed by atoms with Crippen molar-refractivity contribution in [2.45, 2.75) is 31.3 Å². The fourth-order valence-corrected chi connectivity index (χ4v) is 4.82. The first kappa shape index (κ1) is 20.2. The van der Waals surface area contributed by atoms with E-state index in [2.05, 4.69) is 51.7 Å². The van der Waals surface area contributed by atoms with Crippen LogP contribution in [0.15, 0.2) is 64.4 Å². The van der Waals surface area contributed by atoms with Gasteiger partial charge in [-0.1, -0.05) is 58.0 Å². The largest absolute Gasteiger partial charge is 0.342 e. The number of likely N-dealkylation sites (tertiary alicyclic amines) is 1. The van der Waals surface area contributed by atoms with Crippen LogP contribution in [0.25, 0.3) is 16.9 Å². The number of rotatable bonds is 5. The number of piperidine rings is 1. The van der Waals surface area contributed by atoms with Gasteiger partial charge in [0, 0.05) is 23.1 Å². The van der Waals surface area contributed by atoms with E-state index >= 15 is 0 Å². The summed E-state index contributed by atoms with van der Waals surface area (Å²) in [6, 6.07) is 16.5. The van der Waals surface area contributed by atoms with Crippen LogP contribution in [0.4, 0.5) is 0 Å². The average molecular weight is 470 g/mol. The zero-order valence-electron chi connectivity index (χ0n) is 16.5. The lowest BCUT2D eigenvalue weighted by molar-refractivity contribution is -0.129. The van der Waals surface area contributed by atoms with Crippen molar-refractivity contribution in [2.75, 3.05) is 18.8 Å². The highest BCUT2D eigenvalue weighted by molar-refractivity contribution is 9.10. The highest BCUT2D eigenvalue weighted by Crippen LogP contribution is 2.32. The van der Waals surface area contributed by atoms with Gasteiger partial charge in [-0.05, 0) is 49.9 Å². The number of hydrogen-bond acceptors (Lipinski definition) is 3. The standard InChI is InChI=1S/C23H24BrN3OS/c1-17-7-3-4-8-20(17)27-21(18-9-11-19(24)12-10-18)15-25-23(27)29-16-22(28)26-13-5-2-6-14-26/h3-4,7-12,15H,2,5-6,13-14,16H2,1H3. The quantitative estimate of drug-likeness (QED) is 0.448. The van der Waals surface area contributed by atoms with E-state index in [1.54, 1.807) is 0 Å². The number of thioether (sulfide) groups is 1. The SMILES string of the molecule is Cc1ccccc1-n1c(-c2ccc(Br)cc2)cnc1SCC(=O)N1CCCCC1. The van der Waals surface area contributed by atoms with E-state index in [9.17, 15) is 4.79 Å². The monoisotopic (exact) mass is 469 g/mol. The zero-order valence-corrected chi connectivity index (χ0v) is 18.9. The lowest BCUT2D eigenvalue weighted by atomic mass is 10.1. The number of aryl methyl sites for hydroxylation is 1. The third kappa shape index (κ3) is 4.59. The number of amides is 1. The molecule has 0 radical (unpaired) electrons. The molecule has 29 heavy (non-hydrogen) atoms. The summed E-state index contributed by atoms with van der Waals surface area (Å²) in [6.07, 6.45) is 5.36. The Balaban J connectivity index is 1.66. The van der Waals surface area contributed by atoms with Crippen LogP contribution in [-0.4, -0.2) is 39.2 Å². The van der Waals surface area contributed by atoms with Crippen LogP contribution in [-0.2, 0) is 4.79 Å². The molecular weight excluding hydrogens is 446 g/mol. The van der Waals surface area contributed by atoms with Crippen molar-refractivity contribution in [3.8, 4) is 16.9 Å². The highest BCUT2D eigenvalue weighted by Gasteiger charge is 2.20. The van der Waals surface area contributed by atoms with Gasteiger partial charge >= 0.3 is 0 Å². The Morgan fingerprint density at radius 2 is 1.79 bits per heavy atom. The first-order valence-corrected chi connectivity index (χ1v) is 11.7. The minimum Gasteiger partial charge on any atom is -0.342 e. The fraction of sp³-hybridized carbons (Fsp3) is 0.304. The van der Waals surface area contributed by atoms with Crippen molar-refractivity contribution in [3.05, 3.63) is 64.8 Å². The Labute approximate surface area is 184 Å². The third-order valence-corrected chi connectivity index (χ3v) is 6.73. The van der Waals surface area contributed by atoms with Crippen LogP contribution in [0.3, 0.4) is 0 Å². The first-order valence-electron chi connectivity index (χ1n) is 9.94. The van der Waals surface area contributed by atoms with Crippen molar-refractivity contribution in [2.24, 2.45) is 0 Å². The maximum Gasteiger partial charge on any atom is 0.233 e. The Morgan fingerprint density at radius 3 is 2.52 bits per heavy atom. The Morgan fingerprint density at radius 1 is 1.07 bits per heavy atom. The molecule has 1 amide bonds. The van der Waals surface area contributed by atoms with Gasteiger partial charge in [0.25, 0.3) is 0 Å². The smallest absolute Gasteiger partial charge is 0.233 e. The lowest BCUT2D eigenvalue weighted by Crippen LogP contribution is -2.36. The van der Waals surface area contributed by atoms with Crippen LogP contribution < -0.4 is 0 Å². The molecule has 2 heterocycles. The van der Waals surface area contributed by atoms with E-state index in [1.807, 2.05) is 35.4 Å². The number of halogens is 1. The molecule has 0 bridgehead atoms. The molecule has 2 aromatic carbocycles. The molecule has 1 aliphatic heterocycles. The fourth-order valence-electron chi connectivity index (χ4n) is 3.67. The number of imidazole rings is 1. The molecule has 0 atom stereocenters. The Bertz CT molecular complexity index is 994. The van der Waals surface area contributed by atoms with Crippen LogP contribution in [0.5, 0.6) is 0 Å². The summed E-state index contributed by atoms with van der Waals surface area (Å²) in [4.78, 5) is 19.3. The molecule has 150 valence electrons. The molecule has 1 saturated heterocycles. The molecule has 6 heteroatoms. The van der Waals surface area contributed by atoms with Gasteiger partial charge in [0.05, 0.1) is 23.3 Å². The summed E-state index contributed by atoms with van der Waals surface area (Å²) in [6.45, 7) is 3.87. The molecule has 3 aromatic rings. The number of carbonyl (C=O) groups is 1. The van der Waals surface area contributed by atoms with E-state index in [0.717, 1.165) is 52.5 Å². The average Bonchev–Trinajstić information content (AvgIpc) is 3.17. The van der Waals surface area contributed by atoms with Gasteiger partial charge in [0.2, 0.25) is 5.91 Å². The van der Waals surface area contributed by atoms with Gasteiger partial charge in [-0.15, -0.1) is 0 Å². The Hall–Kier alpha value is -2.05. The zero-order chi connectivity index (χ0) is 20.2. The molecule has 1 aromatic heterocycles. The van der Waals surface area contributed by atoms with Gasteiger partial charge < -0.3 is 4.90 Å². The molecule has 0 spiro atoms. The van der Waals surface area contributed by atoms with Crippen LogP contribution >= 0.6 is 27.7 Å².